The lowest BCUT2D eigenvalue weighted by Crippen LogP contribution is -2.16. The molecule has 0 amide bonds. The van der Waals surface area contributed by atoms with E-state index >= 15 is 0 Å². The molecule has 1 atom stereocenters. The molecule has 0 nitrogen and oxygen atoms in total. The monoisotopic (exact) mass is 254 g/mol. The van der Waals surface area contributed by atoms with Crippen LogP contribution in [0.2, 0.25) is 0 Å². The first-order chi connectivity index (χ1) is 8.48. The van der Waals surface area contributed by atoms with Gasteiger partial charge in [0.15, 0.2) is 0 Å². The van der Waals surface area contributed by atoms with E-state index in [1.165, 1.54) is 24.3 Å². The van der Waals surface area contributed by atoms with Gasteiger partial charge in [0.1, 0.15) is 0 Å². The first kappa shape index (κ1) is 12.6. The highest BCUT2D eigenvalue weighted by Gasteiger charge is 2.41. The fourth-order valence-corrected chi connectivity index (χ4v) is 1.66. The van der Waals surface area contributed by atoms with Gasteiger partial charge in [-0.1, -0.05) is 54.6 Å². The number of hydrogen-bond donors (Lipinski definition) is 0. The zero-order valence-electron chi connectivity index (χ0n) is 9.29. The number of halogens is 4. The van der Waals surface area contributed by atoms with Gasteiger partial charge in [-0.2, -0.15) is 13.2 Å². The summed E-state index contributed by atoms with van der Waals surface area (Å²) in [5.41, 5.74) is 1.27. The Labute approximate surface area is 102 Å². The first-order valence-electron chi connectivity index (χ1n) is 5.34. The van der Waals surface area contributed by atoms with Gasteiger partial charge < -0.3 is 0 Å². The zero-order chi connectivity index (χ0) is 13.2. The van der Waals surface area contributed by atoms with Crippen molar-refractivity contribution in [2.75, 3.05) is 0 Å². The normalized spacial score (nSPS) is 13.3. The Morgan fingerprint density at radius 1 is 0.722 bits per heavy atom. The van der Waals surface area contributed by atoms with Crippen LogP contribution in [-0.4, -0.2) is 6.18 Å². The first-order valence-corrected chi connectivity index (χ1v) is 5.34. The topological polar surface area (TPSA) is 0 Å². The Hall–Kier alpha value is -1.84. The van der Waals surface area contributed by atoms with E-state index < -0.39 is 12.3 Å². The summed E-state index contributed by atoms with van der Waals surface area (Å²) >= 11 is 0. The second-order valence-corrected chi connectivity index (χ2v) is 3.89. The molecule has 0 spiro atoms. The quantitative estimate of drug-likeness (QED) is 0.667. The smallest absolute Gasteiger partial charge is 0.232 e. The second kappa shape index (κ2) is 4.80. The molecule has 0 heterocycles. The summed E-state index contributed by atoms with van der Waals surface area (Å²) in [4.78, 5) is 0. The van der Waals surface area contributed by atoms with Crippen molar-refractivity contribution in [2.45, 2.75) is 12.3 Å². The van der Waals surface area contributed by atoms with E-state index in [4.69, 9.17) is 0 Å². The molecule has 2 aromatic rings. The lowest BCUT2D eigenvalue weighted by Gasteiger charge is -2.12. The molecule has 4 heteroatoms. The minimum Gasteiger partial charge on any atom is -0.232 e. The summed E-state index contributed by atoms with van der Waals surface area (Å²) in [6, 6.07) is 14.5. The molecule has 1 unspecified atom stereocenters. The van der Waals surface area contributed by atoms with Crippen LogP contribution in [0, 0.1) is 0 Å². The SMILES string of the molecule is FC(c1ccc(-c2ccccc2)cc1)C(F)(F)F. The lowest BCUT2D eigenvalue weighted by atomic mass is 10.0. The van der Waals surface area contributed by atoms with Gasteiger partial charge in [0.05, 0.1) is 0 Å². The van der Waals surface area contributed by atoms with Crippen molar-refractivity contribution in [3.63, 3.8) is 0 Å². The van der Waals surface area contributed by atoms with E-state index in [0.29, 0.717) is 0 Å². The van der Waals surface area contributed by atoms with E-state index in [1.54, 1.807) is 0 Å². The summed E-state index contributed by atoms with van der Waals surface area (Å²) in [6.07, 6.45) is -7.78. The van der Waals surface area contributed by atoms with Gasteiger partial charge in [-0.15, -0.1) is 0 Å². The Kier molecular flexibility index (Phi) is 3.36. The van der Waals surface area contributed by atoms with Crippen molar-refractivity contribution in [3.05, 3.63) is 60.2 Å². The number of alkyl halides is 4. The molecule has 0 saturated carbocycles. The Balaban J connectivity index is 2.26. The number of benzene rings is 2. The zero-order valence-corrected chi connectivity index (χ0v) is 9.29. The molecule has 0 saturated heterocycles. The van der Waals surface area contributed by atoms with E-state index in [1.807, 2.05) is 30.3 Å². The van der Waals surface area contributed by atoms with Crippen LogP contribution >= 0.6 is 0 Å². The van der Waals surface area contributed by atoms with Crippen molar-refractivity contribution in [2.24, 2.45) is 0 Å². The lowest BCUT2D eigenvalue weighted by molar-refractivity contribution is -0.182. The molecule has 0 N–H and O–H groups in total. The second-order valence-electron chi connectivity index (χ2n) is 3.89. The molecule has 0 aromatic heterocycles. The molecule has 0 fully saturated rings. The van der Waals surface area contributed by atoms with Gasteiger partial charge in [-0.3, -0.25) is 0 Å². The van der Waals surface area contributed by atoms with Crippen LogP contribution in [0.5, 0.6) is 0 Å². The van der Waals surface area contributed by atoms with Gasteiger partial charge in [0.25, 0.3) is 0 Å². The molecule has 2 rings (SSSR count). The summed E-state index contributed by atoms with van der Waals surface area (Å²) in [6.45, 7) is 0. The largest absolute Gasteiger partial charge is 0.423 e. The molecular weight excluding hydrogens is 244 g/mol. The summed E-state index contributed by atoms with van der Waals surface area (Å²) in [7, 11) is 0. The summed E-state index contributed by atoms with van der Waals surface area (Å²) in [5.74, 6) is 0. The Bertz CT molecular complexity index is 500. The van der Waals surface area contributed by atoms with Crippen LogP contribution in [0.25, 0.3) is 11.1 Å². The average Bonchev–Trinajstić information content (AvgIpc) is 2.38. The van der Waals surface area contributed by atoms with Crippen molar-refractivity contribution in [3.8, 4) is 11.1 Å². The summed E-state index contributed by atoms with van der Waals surface area (Å²) < 4.78 is 49.6. The molecule has 0 aliphatic rings. The number of hydrogen-bond acceptors (Lipinski definition) is 0. The van der Waals surface area contributed by atoms with E-state index in [-0.39, 0.29) is 5.56 Å². The van der Waals surface area contributed by atoms with Crippen LogP contribution in [0.3, 0.4) is 0 Å². The minimum atomic E-state index is -4.85. The molecule has 94 valence electrons. The van der Waals surface area contributed by atoms with Crippen molar-refractivity contribution >= 4 is 0 Å². The van der Waals surface area contributed by atoms with E-state index in [9.17, 15) is 17.6 Å². The molecule has 18 heavy (non-hydrogen) atoms. The minimum absolute atomic E-state index is 0.373. The molecule has 0 aliphatic heterocycles. The highest BCUT2D eigenvalue weighted by molar-refractivity contribution is 5.63. The van der Waals surface area contributed by atoms with E-state index in [2.05, 4.69) is 0 Å². The van der Waals surface area contributed by atoms with Gasteiger partial charge in [0, 0.05) is 0 Å². The van der Waals surface area contributed by atoms with Gasteiger partial charge in [0.2, 0.25) is 6.17 Å². The van der Waals surface area contributed by atoms with Crippen molar-refractivity contribution in [1.29, 1.82) is 0 Å². The van der Waals surface area contributed by atoms with Crippen LogP contribution in [0.15, 0.2) is 54.6 Å². The average molecular weight is 254 g/mol. The molecular formula is C14H10F4. The Morgan fingerprint density at radius 3 is 1.72 bits per heavy atom. The highest BCUT2D eigenvalue weighted by Crippen LogP contribution is 2.36. The third-order valence-corrected chi connectivity index (χ3v) is 2.60. The predicted molar refractivity (Wildman–Crippen MR) is 61.8 cm³/mol. The third kappa shape index (κ3) is 2.70. The molecule has 2 aromatic carbocycles. The molecule has 0 aliphatic carbocycles. The van der Waals surface area contributed by atoms with E-state index in [0.717, 1.165) is 11.1 Å². The maximum absolute atomic E-state index is 13.1. The van der Waals surface area contributed by atoms with Crippen LogP contribution in [0.4, 0.5) is 17.6 Å². The fourth-order valence-electron chi connectivity index (χ4n) is 1.66. The number of rotatable bonds is 2. The van der Waals surface area contributed by atoms with Crippen LogP contribution in [0.1, 0.15) is 11.7 Å². The van der Waals surface area contributed by atoms with Gasteiger partial charge in [-0.25, -0.2) is 4.39 Å². The van der Waals surface area contributed by atoms with Gasteiger partial charge >= 0.3 is 6.18 Å². The predicted octanol–water partition coefficient (Wildman–Crippen LogP) is 4.93. The standard InChI is InChI=1S/C14H10F4/c15-13(14(16,17)18)12-8-6-11(7-9-12)10-4-2-1-3-5-10/h1-9,13H. The summed E-state index contributed by atoms with van der Waals surface area (Å²) in [5, 5.41) is 0. The highest BCUT2D eigenvalue weighted by atomic mass is 19.4. The van der Waals surface area contributed by atoms with Crippen LogP contribution in [-0.2, 0) is 0 Å². The van der Waals surface area contributed by atoms with Crippen molar-refractivity contribution in [1.82, 2.24) is 0 Å². The molecule has 0 bridgehead atoms. The van der Waals surface area contributed by atoms with Crippen molar-refractivity contribution < 1.29 is 17.6 Å². The fraction of sp³-hybridized carbons (Fsp3) is 0.143. The third-order valence-electron chi connectivity index (χ3n) is 2.60. The van der Waals surface area contributed by atoms with Crippen LogP contribution < -0.4 is 0 Å². The maximum atomic E-state index is 13.1. The maximum Gasteiger partial charge on any atom is 0.423 e. The van der Waals surface area contributed by atoms with Gasteiger partial charge in [-0.05, 0) is 16.7 Å². The Morgan fingerprint density at radius 2 is 1.22 bits per heavy atom. The molecule has 0 radical (unpaired) electrons.